The zero-order chi connectivity index (χ0) is 12.0. The number of ether oxygens (including phenoxy) is 1. The van der Waals surface area contributed by atoms with Crippen LogP contribution in [0, 0.1) is 0 Å². The molecule has 0 aliphatic rings. The molecule has 1 N–H and O–H groups in total. The molecule has 3 nitrogen and oxygen atoms in total. The third-order valence-electron chi connectivity index (χ3n) is 2.30. The molecule has 1 aromatic carbocycles. The largest absolute Gasteiger partial charge is 0.469 e. The van der Waals surface area contributed by atoms with Gasteiger partial charge in [-0.15, -0.1) is 0 Å². The predicted octanol–water partition coefficient (Wildman–Crippen LogP) is 2.49. The van der Waals surface area contributed by atoms with E-state index in [1.807, 2.05) is 31.2 Å². The van der Waals surface area contributed by atoms with Crippen molar-refractivity contribution in [3.8, 4) is 0 Å². The molecular weight excluding hydrogens is 270 g/mol. The third kappa shape index (κ3) is 4.33. The molecule has 0 saturated heterocycles. The number of carbonyl (C=O) groups excluding carboxylic acids is 1. The van der Waals surface area contributed by atoms with Gasteiger partial charge in [0.25, 0.3) is 0 Å². The van der Waals surface area contributed by atoms with Crippen molar-refractivity contribution in [3.05, 3.63) is 34.3 Å². The van der Waals surface area contributed by atoms with Crippen LogP contribution in [0.3, 0.4) is 0 Å². The molecule has 0 saturated carbocycles. The van der Waals surface area contributed by atoms with Gasteiger partial charge in [-0.05, 0) is 18.6 Å². The van der Waals surface area contributed by atoms with Gasteiger partial charge in [-0.25, -0.2) is 0 Å². The molecule has 0 fully saturated rings. The van der Waals surface area contributed by atoms with Gasteiger partial charge in [-0.3, -0.25) is 4.79 Å². The second-order valence-electron chi connectivity index (χ2n) is 3.65. The molecular formula is C12H16BrNO2. The molecule has 0 aliphatic heterocycles. The normalized spacial score (nSPS) is 12.2. The van der Waals surface area contributed by atoms with Crippen molar-refractivity contribution in [1.29, 1.82) is 0 Å². The highest BCUT2D eigenvalue weighted by molar-refractivity contribution is 9.10. The van der Waals surface area contributed by atoms with Crippen LogP contribution in [0.2, 0.25) is 0 Å². The average molecular weight is 286 g/mol. The standard InChI is InChI=1S/C12H16BrNO2/c1-9(7-12(15)16-2)14-8-10-5-3-4-6-11(10)13/h3-6,9,14H,7-8H2,1-2H3. The van der Waals surface area contributed by atoms with E-state index < -0.39 is 0 Å². The number of halogens is 1. The van der Waals surface area contributed by atoms with Gasteiger partial charge in [-0.1, -0.05) is 34.1 Å². The Morgan fingerprint density at radius 1 is 1.50 bits per heavy atom. The Hall–Kier alpha value is -0.870. The maximum atomic E-state index is 11.0. The first kappa shape index (κ1) is 13.2. The van der Waals surface area contributed by atoms with Crippen LogP contribution in [0.1, 0.15) is 18.9 Å². The first-order valence-electron chi connectivity index (χ1n) is 5.17. The van der Waals surface area contributed by atoms with Crippen LogP contribution in [0.15, 0.2) is 28.7 Å². The fourth-order valence-electron chi connectivity index (χ4n) is 1.33. The number of carbonyl (C=O) groups is 1. The molecule has 0 spiro atoms. The van der Waals surface area contributed by atoms with E-state index in [9.17, 15) is 4.79 Å². The first-order chi connectivity index (χ1) is 7.63. The van der Waals surface area contributed by atoms with E-state index >= 15 is 0 Å². The van der Waals surface area contributed by atoms with Crippen molar-refractivity contribution < 1.29 is 9.53 Å². The van der Waals surface area contributed by atoms with Gasteiger partial charge in [0.15, 0.2) is 0 Å². The minimum Gasteiger partial charge on any atom is -0.469 e. The highest BCUT2D eigenvalue weighted by atomic mass is 79.9. The molecule has 88 valence electrons. The number of benzene rings is 1. The van der Waals surface area contributed by atoms with Crippen molar-refractivity contribution in [1.82, 2.24) is 5.32 Å². The summed E-state index contributed by atoms with van der Waals surface area (Å²) in [5.74, 6) is -0.188. The van der Waals surface area contributed by atoms with Crippen molar-refractivity contribution in [3.63, 3.8) is 0 Å². The molecule has 1 unspecified atom stereocenters. The molecule has 0 bridgehead atoms. The van der Waals surface area contributed by atoms with Gasteiger partial charge in [0.05, 0.1) is 13.5 Å². The number of nitrogens with one attached hydrogen (secondary N) is 1. The zero-order valence-corrected chi connectivity index (χ0v) is 11.1. The Morgan fingerprint density at radius 2 is 2.19 bits per heavy atom. The third-order valence-corrected chi connectivity index (χ3v) is 3.07. The number of hydrogen-bond acceptors (Lipinski definition) is 3. The van der Waals surface area contributed by atoms with Crippen LogP contribution in [0.4, 0.5) is 0 Å². The first-order valence-corrected chi connectivity index (χ1v) is 5.96. The lowest BCUT2D eigenvalue weighted by atomic mass is 10.2. The average Bonchev–Trinajstić information content (AvgIpc) is 2.28. The Labute approximate surface area is 104 Å². The van der Waals surface area contributed by atoms with E-state index in [1.54, 1.807) is 0 Å². The molecule has 1 atom stereocenters. The van der Waals surface area contributed by atoms with Crippen LogP contribution < -0.4 is 5.32 Å². The summed E-state index contributed by atoms with van der Waals surface area (Å²) in [6, 6.07) is 8.13. The summed E-state index contributed by atoms with van der Waals surface area (Å²) >= 11 is 3.48. The Balaban J connectivity index is 2.40. The summed E-state index contributed by atoms with van der Waals surface area (Å²) in [6.07, 6.45) is 0.390. The molecule has 0 radical (unpaired) electrons. The van der Waals surface area contributed by atoms with Crippen LogP contribution >= 0.6 is 15.9 Å². The molecule has 0 aliphatic carbocycles. The Morgan fingerprint density at radius 3 is 2.81 bits per heavy atom. The lowest BCUT2D eigenvalue weighted by molar-refractivity contribution is -0.141. The van der Waals surface area contributed by atoms with Crippen molar-refractivity contribution in [2.75, 3.05) is 7.11 Å². The molecule has 16 heavy (non-hydrogen) atoms. The lowest BCUT2D eigenvalue weighted by Crippen LogP contribution is -2.28. The summed E-state index contributed by atoms with van der Waals surface area (Å²) in [5.41, 5.74) is 1.18. The van der Waals surface area contributed by atoms with E-state index in [0.29, 0.717) is 6.42 Å². The second kappa shape index (κ2) is 6.66. The fourth-order valence-corrected chi connectivity index (χ4v) is 1.76. The number of hydrogen-bond donors (Lipinski definition) is 1. The van der Waals surface area contributed by atoms with Crippen molar-refractivity contribution in [2.24, 2.45) is 0 Å². The van der Waals surface area contributed by atoms with E-state index in [2.05, 4.69) is 26.0 Å². The molecule has 0 aromatic heterocycles. The van der Waals surface area contributed by atoms with Gasteiger partial charge < -0.3 is 10.1 Å². The minimum absolute atomic E-state index is 0.111. The quantitative estimate of drug-likeness (QED) is 0.845. The number of rotatable bonds is 5. The molecule has 4 heteroatoms. The van der Waals surface area contributed by atoms with Gasteiger partial charge in [0, 0.05) is 17.1 Å². The maximum absolute atomic E-state index is 11.0. The van der Waals surface area contributed by atoms with Gasteiger partial charge in [0.2, 0.25) is 0 Å². The van der Waals surface area contributed by atoms with Crippen LogP contribution in [0.25, 0.3) is 0 Å². The monoisotopic (exact) mass is 285 g/mol. The number of methoxy groups -OCH3 is 1. The maximum Gasteiger partial charge on any atom is 0.307 e. The Kier molecular flexibility index (Phi) is 5.49. The molecule has 0 heterocycles. The van der Waals surface area contributed by atoms with Crippen molar-refractivity contribution >= 4 is 21.9 Å². The van der Waals surface area contributed by atoms with Crippen LogP contribution in [-0.2, 0) is 16.1 Å². The number of esters is 1. The van der Waals surface area contributed by atoms with Gasteiger partial charge in [0.1, 0.15) is 0 Å². The highest BCUT2D eigenvalue weighted by Gasteiger charge is 2.08. The SMILES string of the molecule is COC(=O)CC(C)NCc1ccccc1Br. The van der Waals surface area contributed by atoms with E-state index in [1.165, 1.54) is 12.7 Å². The summed E-state index contributed by atoms with van der Waals surface area (Å²) in [7, 11) is 1.41. The minimum atomic E-state index is -0.188. The summed E-state index contributed by atoms with van der Waals surface area (Å²) in [6.45, 7) is 2.70. The summed E-state index contributed by atoms with van der Waals surface area (Å²) in [4.78, 5) is 11.0. The van der Waals surface area contributed by atoms with Gasteiger partial charge >= 0.3 is 5.97 Å². The second-order valence-corrected chi connectivity index (χ2v) is 4.51. The van der Waals surface area contributed by atoms with Gasteiger partial charge in [-0.2, -0.15) is 0 Å². The van der Waals surface area contributed by atoms with Crippen LogP contribution in [-0.4, -0.2) is 19.1 Å². The van der Waals surface area contributed by atoms with Crippen LogP contribution in [0.5, 0.6) is 0 Å². The topological polar surface area (TPSA) is 38.3 Å². The van der Waals surface area contributed by atoms with E-state index in [-0.39, 0.29) is 12.0 Å². The Bertz CT molecular complexity index is 355. The highest BCUT2D eigenvalue weighted by Crippen LogP contribution is 2.15. The van der Waals surface area contributed by atoms with E-state index in [4.69, 9.17) is 0 Å². The molecule has 1 aromatic rings. The smallest absolute Gasteiger partial charge is 0.307 e. The molecule has 0 amide bonds. The summed E-state index contributed by atoms with van der Waals surface area (Å²) in [5, 5.41) is 3.27. The fraction of sp³-hybridized carbons (Fsp3) is 0.417. The van der Waals surface area contributed by atoms with E-state index in [0.717, 1.165) is 11.0 Å². The lowest BCUT2D eigenvalue weighted by Gasteiger charge is -2.13. The zero-order valence-electron chi connectivity index (χ0n) is 9.50. The molecule has 1 rings (SSSR count). The van der Waals surface area contributed by atoms with Crippen molar-refractivity contribution in [2.45, 2.75) is 25.9 Å². The predicted molar refractivity (Wildman–Crippen MR) is 67.1 cm³/mol. The summed E-state index contributed by atoms with van der Waals surface area (Å²) < 4.78 is 5.69.